The Morgan fingerprint density at radius 2 is 2.12 bits per heavy atom. The molecule has 0 aliphatic carbocycles. The predicted octanol–water partition coefficient (Wildman–Crippen LogP) is 3.06. The maximum atomic E-state index is 6.01. The Hall–Kier alpha value is -0.730. The summed E-state index contributed by atoms with van der Waals surface area (Å²) in [6.45, 7) is 7.56. The van der Waals surface area contributed by atoms with Crippen LogP contribution in [0, 0.1) is 0 Å². The lowest BCUT2D eigenvalue weighted by molar-refractivity contribution is 0.361. The van der Waals surface area contributed by atoms with E-state index in [2.05, 4.69) is 43.5 Å². The van der Waals surface area contributed by atoms with E-state index in [-0.39, 0.29) is 5.54 Å². The molecule has 1 heterocycles. The van der Waals surface area contributed by atoms with Crippen LogP contribution < -0.4 is 10.6 Å². The maximum absolute atomic E-state index is 6.01. The summed E-state index contributed by atoms with van der Waals surface area (Å²) in [6.07, 6.45) is 1.04. The fourth-order valence-corrected chi connectivity index (χ4v) is 2.38. The highest BCUT2D eigenvalue weighted by Gasteiger charge is 2.22. The first-order valence-electron chi connectivity index (χ1n) is 5.74. The van der Waals surface area contributed by atoms with E-state index in [1.165, 1.54) is 11.3 Å². The number of hydrogen-bond acceptors (Lipinski definition) is 2. The van der Waals surface area contributed by atoms with Gasteiger partial charge in [0.15, 0.2) is 0 Å². The van der Waals surface area contributed by atoms with Gasteiger partial charge < -0.3 is 10.6 Å². The molecule has 0 spiro atoms. The van der Waals surface area contributed by atoms with E-state index < -0.39 is 0 Å². The first kappa shape index (κ1) is 11.7. The van der Waals surface area contributed by atoms with Crippen molar-refractivity contribution < 1.29 is 0 Å². The van der Waals surface area contributed by atoms with Crippen LogP contribution in [-0.2, 0) is 6.42 Å². The molecule has 0 saturated carbocycles. The van der Waals surface area contributed by atoms with Crippen LogP contribution in [0.2, 0.25) is 5.02 Å². The van der Waals surface area contributed by atoms with Crippen LogP contribution in [-0.4, -0.2) is 18.1 Å². The van der Waals surface area contributed by atoms with Crippen LogP contribution in [0.25, 0.3) is 0 Å². The van der Waals surface area contributed by atoms with Crippen molar-refractivity contribution >= 4 is 17.3 Å². The van der Waals surface area contributed by atoms with Gasteiger partial charge in [-0.1, -0.05) is 11.6 Å². The Labute approximate surface area is 102 Å². The highest BCUT2D eigenvalue weighted by molar-refractivity contribution is 6.30. The van der Waals surface area contributed by atoms with E-state index in [1.807, 2.05) is 6.07 Å². The molecule has 1 aliphatic heterocycles. The summed E-state index contributed by atoms with van der Waals surface area (Å²) >= 11 is 6.01. The molecule has 88 valence electrons. The summed E-state index contributed by atoms with van der Waals surface area (Å²) in [5.41, 5.74) is 2.68. The first-order chi connectivity index (χ1) is 7.44. The van der Waals surface area contributed by atoms with Crippen LogP contribution in [0.3, 0.4) is 0 Å². The third-order valence-electron chi connectivity index (χ3n) is 2.71. The van der Waals surface area contributed by atoms with Crippen molar-refractivity contribution in [1.82, 2.24) is 5.32 Å². The minimum Gasteiger partial charge on any atom is -0.383 e. The van der Waals surface area contributed by atoms with Gasteiger partial charge in [0.25, 0.3) is 0 Å². The van der Waals surface area contributed by atoms with Gasteiger partial charge in [-0.2, -0.15) is 0 Å². The zero-order chi connectivity index (χ0) is 11.8. The molecule has 2 nitrogen and oxygen atoms in total. The highest BCUT2D eigenvalue weighted by atomic mass is 35.5. The molecule has 1 atom stereocenters. The smallest absolute Gasteiger partial charge is 0.0410 e. The van der Waals surface area contributed by atoms with Gasteiger partial charge in [0.05, 0.1) is 0 Å². The first-order valence-corrected chi connectivity index (χ1v) is 6.12. The Kier molecular flexibility index (Phi) is 3.13. The lowest BCUT2D eigenvalue weighted by Gasteiger charge is -2.33. The van der Waals surface area contributed by atoms with Gasteiger partial charge in [-0.15, -0.1) is 0 Å². The quantitative estimate of drug-likeness (QED) is 0.786. The van der Waals surface area contributed by atoms with Crippen molar-refractivity contribution in [3.05, 3.63) is 28.8 Å². The molecule has 2 N–H and O–H groups in total. The van der Waals surface area contributed by atoms with Crippen molar-refractivity contribution in [3.63, 3.8) is 0 Å². The Balaban J connectivity index is 2.11. The molecule has 16 heavy (non-hydrogen) atoms. The average Bonchev–Trinajstić information content (AvgIpc) is 2.14. The standard InChI is InChI=1S/C13H19ClN2/c1-13(2,3)16-11-7-9-6-10(14)4-5-12(9)15-8-11/h4-6,11,15-16H,7-8H2,1-3H3. The molecule has 0 amide bonds. The molecule has 1 aromatic rings. The van der Waals surface area contributed by atoms with Crippen LogP contribution in [0.1, 0.15) is 26.3 Å². The van der Waals surface area contributed by atoms with E-state index in [0.717, 1.165) is 18.0 Å². The predicted molar refractivity (Wildman–Crippen MR) is 70.3 cm³/mol. The van der Waals surface area contributed by atoms with Gasteiger partial charge in [0, 0.05) is 28.8 Å². The number of hydrogen-bond donors (Lipinski definition) is 2. The van der Waals surface area contributed by atoms with Crippen LogP contribution in [0.4, 0.5) is 5.69 Å². The second kappa shape index (κ2) is 4.27. The third-order valence-corrected chi connectivity index (χ3v) is 2.94. The van der Waals surface area contributed by atoms with E-state index in [9.17, 15) is 0 Å². The van der Waals surface area contributed by atoms with Crippen molar-refractivity contribution in [1.29, 1.82) is 0 Å². The largest absolute Gasteiger partial charge is 0.383 e. The molecular formula is C13H19ClN2. The molecule has 2 rings (SSSR count). The SMILES string of the molecule is CC(C)(C)NC1CNc2ccc(Cl)cc2C1. The Morgan fingerprint density at radius 1 is 1.38 bits per heavy atom. The normalized spacial score (nSPS) is 20.1. The van der Waals surface area contributed by atoms with Crippen molar-refractivity contribution in [2.45, 2.75) is 38.8 Å². The third kappa shape index (κ3) is 2.89. The van der Waals surface area contributed by atoms with E-state index in [1.54, 1.807) is 0 Å². The summed E-state index contributed by atoms with van der Waals surface area (Å²) in [5, 5.41) is 7.87. The second-order valence-electron chi connectivity index (χ2n) is 5.48. The minimum atomic E-state index is 0.155. The molecule has 1 aliphatic rings. The molecule has 3 heteroatoms. The van der Waals surface area contributed by atoms with Gasteiger partial charge in [-0.05, 0) is 51.0 Å². The van der Waals surface area contributed by atoms with Crippen LogP contribution in [0.5, 0.6) is 0 Å². The minimum absolute atomic E-state index is 0.155. The molecule has 0 bridgehead atoms. The van der Waals surface area contributed by atoms with Gasteiger partial charge in [0.2, 0.25) is 0 Å². The van der Waals surface area contributed by atoms with Gasteiger partial charge in [-0.3, -0.25) is 0 Å². The summed E-state index contributed by atoms with van der Waals surface area (Å²) in [6, 6.07) is 6.53. The number of fused-ring (bicyclic) bond motifs is 1. The Morgan fingerprint density at radius 3 is 2.81 bits per heavy atom. The van der Waals surface area contributed by atoms with Gasteiger partial charge in [0.1, 0.15) is 0 Å². The molecule has 1 unspecified atom stereocenters. The van der Waals surface area contributed by atoms with Crippen LogP contribution in [0.15, 0.2) is 18.2 Å². The fourth-order valence-electron chi connectivity index (χ4n) is 2.19. The molecular weight excluding hydrogens is 220 g/mol. The molecule has 1 aromatic carbocycles. The van der Waals surface area contributed by atoms with Crippen molar-refractivity contribution in [2.75, 3.05) is 11.9 Å². The van der Waals surface area contributed by atoms with Crippen LogP contribution >= 0.6 is 11.6 Å². The molecule has 0 aromatic heterocycles. The lowest BCUT2D eigenvalue weighted by Crippen LogP contribution is -2.49. The van der Waals surface area contributed by atoms with E-state index in [0.29, 0.717) is 6.04 Å². The lowest BCUT2D eigenvalue weighted by atomic mass is 9.97. The summed E-state index contributed by atoms with van der Waals surface area (Å²) in [5.74, 6) is 0. The van der Waals surface area contributed by atoms with Crippen molar-refractivity contribution in [3.8, 4) is 0 Å². The molecule has 0 saturated heterocycles. The van der Waals surface area contributed by atoms with Crippen molar-refractivity contribution in [2.24, 2.45) is 0 Å². The zero-order valence-electron chi connectivity index (χ0n) is 10.1. The fraction of sp³-hybridized carbons (Fsp3) is 0.538. The van der Waals surface area contributed by atoms with Gasteiger partial charge in [-0.25, -0.2) is 0 Å². The maximum Gasteiger partial charge on any atom is 0.0410 e. The number of anilines is 1. The monoisotopic (exact) mass is 238 g/mol. The summed E-state index contributed by atoms with van der Waals surface area (Å²) < 4.78 is 0. The number of nitrogens with one attached hydrogen (secondary N) is 2. The zero-order valence-corrected chi connectivity index (χ0v) is 10.9. The van der Waals surface area contributed by atoms with E-state index >= 15 is 0 Å². The molecule has 0 radical (unpaired) electrons. The van der Waals surface area contributed by atoms with E-state index in [4.69, 9.17) is 11.6 Å². The second-order valence-corrected chi connectivity index (χ2v) is 5.91. The number of halogens is 1. The number of benzene rings is 1. The summed E-state index contributed by atoms with van der Waals surface area (Å²) in [4.78, 5) is 0. The number of rotatable bonds is 1. The average molecular weight is 239 g/mol. The van der Waals surface area contributed by atoms with Gasteiger partial charge >= 0.3 is 0 Å². The Bertz CT molecular complexity index is 382. The highest BCUT2D eigenvalue weighted by Crippen LogP contribution is 2.25. The molecule has 0 fully saturated rings. The summed E-state index contributed by atoms with van der Waals surface area (Å²) in [7, 11) is 0. The topological polar surface area (TPSA) is 24.1 Å².